The van der Waals surface area contributed by atoms with Gasteiger partial charge in [0.2, 0.25) is 17.5 Å². The number of guanidine groups is 1. The molecule has 0 amide bonds. The molecule has 0 radical (unpaired) electrons. The number of rotatable bonds is 8. The molecule has 2 N–H and O–H groups in total. The third kappa shape index (κ3) is 6.39. The summed E-state index contributed by atoms with van der Waals surface area (Å²) >= 11 is 5.91. The molecule has 1 heterocycles. The Morgan fingerprint density at radius 3 is 2.28 bits per heavy atom. The van der Waals surface area contributed by atoms with E-state index >= 15 is 0 Å². The Bertz CT molecular complexity index is 1020. The van der Waals surface area contributed by atoms with Crippen LogP contribution in [0.25, 0.3) is 11.4 Å². The Balaban J connectivity index is 0.00000363. The SMILES string of the molecule is CN=C(NCCc1nc(-c2ccc(Cl)cc2)no1)Nc1cc(OC)c(OC)c(OC)c1.I. The van der Waals surface area contributed by atoms with Crippen LogP contribution in [0.1, 0.15) is 5.89 Å². The monoisotopic (exact) mass is 573 g/mol. The van der Waals surface area contributed by atoms with Gasteiger partial charge in [-0.15, -0.1) is 24.0 Å². The second-order valence-corrected chi connectivity index (χ2v) is 6.74. The Morgan fingerprint density at radius 1 is 1.06 bits per heavy atom. The van der Waals surface area contributed by atoms with Crippen molar-refractivity contribution in [1.29, 1.82) is 0 Å². The molecular formula is C21H25ClIN5O4. The van der Waals surface area contributed by atoms with E-state index in [-0.39, 0.29) is 24.0 Å². The van der Waals surface area contributed by atoms with Crippen molar-refractivity contribution in [3.05, 3.63) is 47.3 Å². The van der Waals surface area contributed by atoms with Gasteiger partial charge in [-0.25, -0.2) is 0 Å². The second-order valence-electron chi connectivity index (χ2n) is 6.31. The highest BCUT2D eigenvalue weighted by Gasteiger charge is 2.14. The smallest absolute Gasteiger partial charge is 0.228 e. The van der Waals surface area contributed by atoms with Gasteiger partial charge in [0, 0.05) is 48.4 Å². The third-order valence-corrected chi connectivity index (χ3v) is 4.60. The van der Waals surface area contributed by atoms with Crippen LogP contribution in [0.2, 0.25) is 5.02 Å². The summed E-state index contributed by atoms with van der Waals surface area (Å²) in [7, 11) is 6.37. The number of halogens is 2. The number of ether oxygens (including phenoxy) is 3. The number of nitrogens with one attached hydrogen (secondary N) is 2. The predicted molar refractivity (Wildman–Crippen MR) is 135 cm³/mol. The third-order valence-electron chi connectivity index (χ3n) is 4.35. The van der Waals surface area contributed by atoms with Gasteiger partial charge in [-0.3, -0.25) is 4.99 Å². The molecule has 11 heteroatoms. The van der Waals surface area contributed by atoms with Crippen LogP contribution in [0.15, 0.2) is 45.9 Å². The van der Waals surface area contributed by atoms with Gasteiger partial charge in [-0.1, -0.05) is 16.8 Å². The lowest BCUT2D eigenvalue weighted by atomic mass is 10.2. The molecule has 3 rings (SSSR count). The summed E-state index contributed by atoms with van der Waals surface area (Å²) in [6, 6.07) is 10.9. The maximum Gasteiger partial charge on any atom is 0.228 e. The Labute approximate surface area is 208 Å². The number of benzene rings is 2. The molecule has 0 spiro atoms. The number of anilines is 1. The highest BCUT2D eigenvalue weighted by molar-refractivity contribution is 14.0. The first kappa shape index (κ1) is 25.5. The minimum Gasteiger partial charge on any atom is -0.493 e. The largest absolute Gasteiger partial charge is 0.493 e. The zero-order chi connectivity index (χ0) is 22.2. The van der Waals surface area contributed by atoms with Gasteiger partial charge >= 0.3 is 0 Å². The van der Waals surface area contributed by atoms with Gasteiger partial charge < -0.3 is 29.4 Å². The van der Waals surface area contributed by atoms with Crippen LogP contribution in [-0.2, 0) is 6.42 Å². The molecular weight excluding hydrogens is 549 g/mol. The van der Waals surface area contributed by atoms with Crippen LogP contribution < -0.4 is 24.8 Å². The fourth-order valence-electron chi connectivity index (χ4n) is 2.83. The van der Waals surface area contributed by atoms with Crippen molar-refractivity contribution < 1.29 is 18.7 Å². The molecule has 2 aromatic carbocycles. The normalized spacial score (nSPS) is 10.8. The van der Waals surface area contributed by atoms with Crippen molar-refractivity contribution in [2.75, 3.05) is 40.2 Å². The van der Waals surface area contributed by atoms with Gasteiger partial charge in [0.15, 0.2) is 17.5 Å². The summed E-state index contributed by atoms with van der Waals surface area (Å²) in [6.45, 7) is 0.534. The standard InChI is InChI=1S/C21H24ClN5O4.HI/c1-23-21(25-15-11-16(28-2)19(30-4)17(12-15)29-3)24-10-9-18-26-20(27-31-18)13-5-7-14(22)8-6-13;/h5-8,11-12H,9-10H2,1-4H3,(H2,23,24,25);1H. The van der Waals surface area contributed by atoms with Crippen molar-refractivity contribution >= 4 is 47.2 Å². The van der Waals surface area contributed by atoms with Gasteiger partial charge in [-0.2, -0.15) is 4.98 Å². The van der Waals surface area contributed by atoms with Gasteiger partial charge in [0.1, 0.15) is 0 Å². The fourth-order valence-corrected chi connectivity index (χ4v) is 2.96. The molecule has 0 aliphatic heterocycles. The summed E-state index contributed by atoms with van der Waals surface area (Å²) in [5, 5.41) is 11.1. The zero-order valence-corrected chi connectivity index (χ0v) is 21.2. The zero-order valence-electron chi connectivity index (χ0n) is 18.1. The molecule has 0 saturated heterocycles. The van der Waals surface area contributed by atoms with E-state index in [2.05, 4.69) is 25.8 Å². The first-order valence-electron chi connectivity index (χ1n) is 9.44. The van der Waals surface area contributed by atoms with E-state index in [9.17, 15) is 0 Å². The van der Waals surface area contributed by atoms with E-state index in [1.807, 2.05) is 12.1 Å². The van der Waals surface area contributed by atoms with Crippen LogP contribution in [0.5, 0.6) is 17.2 Å². The first-order valence-corrected chi connectivity index (χ1v) is 9.82. The van der Waals surface area contributed by atoms with E-state index in [0.29, 0.717) is 52.9 Å². The van der Waals surface area contributed by atoms with Crippen molar-refractivity contribution in [3.8, 4) is 28.6 Å². The van der Waals surface area contributed by atoms with E-state index in [4.69, 9.17) is 30.3 Å². The van der Waals surface area contributed by atoms with E-state index < -0.39 is 0 Å². The molecule has 0 unspecified atom stereocenters. The molecule has 0 atom stereocenters. The summed E-state index contributed by atoms with van der Waals surface area (Å²) in [6.07, 6.45) is 0.524. The molecule has 9 nitrogen and oxygen atoms in total. The second kappa shape index (κ2) is 12.3. The summed E-state index contributed by atoms with van der Waals surface area (Å²) in [5.74, 6) is 3.20. The number of methoxy groups -OCH3 is 3. The molecule has 0 aliphatic carbocycles. The first-order chi connectivity index (χ1) is 15.1. The molecule has 1 aromatic heterocycles. The van der Waals surface area contributed by atoms with Gasteiger partial charge in [-0.05, 0) is 24.3 Å². The number of nitrogens with zero attached hydrogens (tertiary/aromatic N) is 3. The predicted octanol–water partition coefficient (Wildman–Crippen LogP) is 4.26. The molecule has 32 heavy (non-hydrogen) atoms. The Kier molecular flexibility index (Phi) is 9.85. The van der Waals surface area contributed by atoms with Crippen LogP contribution >= 0.6 is 35.6 Å². The van der Waals surface area contributed by atoms with Gasteiger partial charge in [0.25, 0.3) is 0 Å². The van der Waals surface area contributed by atoms with Crippen LogP contribution in [0, 0.1) is 0 Å². The maximum atomic E-state index is 5.91. The number of aromatic nitrogens is 2. The molecule has 172 valence electrons. The lowest BCUT2D eigenvalue weighted by Crippen LogP contribution is -2.32. The summed E-state index contributed by atoms with van der Waals surface area (Å²) < 4.78 is 21.4. The maximum absolute atomic E-state index is 5.91. The fraction of sp³-hybridized carbons (Fsp3) is 0.286. The van der Waals surface area contributed by atoms with Crippen LogP contribution in [-0.4, -0.2) is 51.0 Å². The average molecular weight is 574 g/mol. The molecule has 0 saturated carbocycles. The van der Waals surface area contributed by atoms with Crippen LogP contribution in [0.4, 0.5) is 5.69 Å². The summed E-state index contributed by atoms with van der Waals surface area (Å²) in [5.41, 5.74) is 1.57. The van der Waals surface area contributed by atoms with Crippen molar-refractivity contribution in [2.45, 2.75) is 6.42 Å². The van der Waals surface area contributed by atoms with Gasteiger partial charge in [0.05, 0.1) is 21.3 Å². The Morgan fingerprint density at radius 2 is 1.72 bits per heavy atom. The van der Waals surface area contributed by atoms with E-state index in [1.54, 1.807) is 52.6 Å². The van der Waals surface area contributed by atoms with E-state index in [0.717, 1.165) is 11.3 Å². The molecule has 0 bridgehead atoms. The number of hydrogen-bond acceptors (Lipinski definition) is 7. The van der Waals surface area contributed by atoms with Crippen molar-refractivity contribution in [1.82, 2.24) is 15.5 Å². The van der Waals surface area contributed by atoms with Crippen LogP contribution in [0.3, 0.4) is 0 Å². The topological polar surface area (TPSA) is 103 Å². The highest BCUT2D eigenvalue weighted by Crippen LogP contribution is 2.39. The molecule has 0 fully saturated rings. The lowest BCUT2D eigenvalue weighted by Gasteiger charge is -2.16. The quantitative estimate of drug-likeness (QED) is 0.234. The average Bonchev–Trinajstić information content (AvgIpc) is 3.26. The summed E-state index contributed by atoms with van der Waals surface area (Å²) in [4.78, 5) is 8.64. The van der Waals surface area contributed by atoms with Crippen molar-refractivity contribution in [3.63, 3.8) is 0 Å². The molecule has 0 aliphatic rings. The number of hydrogen-bond donors (Lipinski definition) is 2. The minimum absolute atomic E-state index is 0. The Hall–Kier alpha value is -2.73. The van der Waals surface area contributed by atoms with Crippen molar-refractivity contribution in [2.24, 2.45) is 4.99 Å². The lowest BCUT2D eigenvalue weighted by molar-refractivity contribution is 0.324. The molecule has 3 aromatic rings. The van der Waals surface area contributed by atoms with E-state index in [1.165, 1.54) is 0 Å². The number of aliphatic imine (C=N–C) groups is 1. The minimum atomic E-state index is 0. The highest BCUT2D eigenvalue weighted by atomic mass is 127.